The lowest BCUT2D eigenvalue weighted by atomic mass is 10.0. The first-order valence-electron chi connectivity index (χ1n) is 9.84. The van der Waals surface area contributed by atoms with Gasteiger partial charge in [0.05, 0.1) is 5.69 Å². The molecule has 1 aromatic heterocycles. The van der Waals surface area contributed by atoms with Gasteiger partial charge in [0.25, 0.3) is 0 Å². The highest BCUT2D eigenvalue weighted by molar-refractivity contribution is 5.69. The van der Waals surface area contributed by atoms with Crippen LogP contribution in [0.2, 0.25) is 0 Å². The molecule has 0 spiro atoms. The number of nitrogens with zero attached hydrogens (tertiary/aromatic N) is 2. The smallest absolute Gasteiger partial charge is 0.0762 e. The van der Waals surface area contributed by atoms with Gasteiger partial charge in [-0.2, -0.15) is 5.10 Å². The molecule has 0 saturated carbocycles. The summed E-state index contributed by atoms with van der Waals surface area (Å²) in [6.45, 7) is 7.22. The molecule has 2 N–H and O–H groups in total. The molecule has 2 aromatic carbocycles. The van der Waals surface area contributed by atoms with Crippen LogP contribution in [-0.2, 0) is 6.54 Å². The third-order valence-electron chi connectivity index (χ3n) is 5.39. The minimum absolute atomic E-state index is 0.568. The Morgan fingerprint density at radius 2 is 1.74 bits per heavy atom. The van der Waals surface area contributed by atoms with Gasteiger partial charge in [0.2, 0.25) is 0 Å². The van der Waals surface area contributed by atoms with E-state index < -0.39 is 0 Å². The quantitative estimate of drug-likeness (QED) is 0.706. The first-order chi connectivity index (χ1) is 13.2. The highest BCUT2D eigenvalue weighted by Crippen LogP contribution is 2.27. The lowest BCUT2D eigenvalue weighted by Gasteiger charge is -2.34. The fourth-order valence-electron chi connectivity index (χ4n) is 3.86. The van der Waals surface area contributed by atoms with Crippen molar-refractivity contribution < 1.29 is 0 Å². The number of aryl methyl sites for hydroxylation is 2. The maximum atomic E-state index is 4.31. The van der Waals surface area contributed by atoms with E-state index in [1.54, 1.807) is 0 Å². The summed E-state index contributed by atoms with van der Waals surface area (Å²) in [4.78, 5) is 2.51. The van der Waals surface area contributed by atoms with E-state index in [-0.39, 0.29) is 0 Å². The number of benzene rings is 2. The Kier molecular flexibility index (Phi) is 5.26. The number of hydrogen-bond donors (Lipinski definition) is 2. The summed E-state index contributed by atoms with van der Waals surface area (Å²) in [5.74, 6) is 0. The molecule has 4 nitrogen and oxygen atoms in total. The molecule has 0 atom stereocenters. The number of H-pyrrole nitrogens is 1. The standard InChI is InChI=1S/C23H28N4/c1-17-5-3-6-19(13-17)20-7-4-8-23(15-20)27-11-9-21(10-12-27)24-16-22-14-18(2)25-26-22/h3-8,13-15,21,24H,9-12,16H2,1-2H3,(H,25,26). The lowest BCUT2D eigenvalue weighted by Crippen LogP contribution is -2.42. The number of aromatic nitrogens is 2. The molecule has 0 radical (unpaired) electrons. The summed E-state index contributed by atoms with van der Waals surface area (Å²) in [6.07, 6.45) is 2.33. The van der Waals surface area contributed by atoms with Gasteiger partial charge in [0.1, 0.15) is 0 Å². The van der Waals surface area contributed by atoms with Gasteiger partial charge in [-0.3, -0.25) is 5.10 Å². The second-order valence-corrected chi connectivity index (χ2v) is 7.60. The van der Waals surface area contributed by atoms with Gasteiger partial charge in [-0.15, -0.1) is 0 Å². The highest BCUT2D eigenvalue weighted by Gasteiger charge is 2.19. The number of anilines is 1. The first kappa shape index (κ1) is 17.8. The van der Waals surface area contributed by atoms with Crippen molar-refractivity contribution in [1.82, 2.24) is 15.5 Å². The summed E-state index contributed by atoms with van der Waals surface area (Å²) in [5.41, 5.74) is 7.44. The molecule has 1 saturated heterocycles. The van der Waals surface area contributed by atoms with Crippen molar-refractivity contribution in [2.45, 2.75) is 39.3 Å². The molecule has 4 heteroatoms. The second-order valence-electron chi connectivity index (χ2n) is 7.60. The summed E-state index contributed by atoms with van der Waals surface area (Å²) >= 11 is 0. The number of rotatable bonds is 5. The maximum Gasteiger partial charge on any atom is 0.0762 e. The Bertz CT molecular complexity index is 891. The summed E-state index contributed by atoms with van der Waals surface area (Å²) < 4.78 is 0. The van der Waals surface area contributed by atoms with Crippen LogP contribution in [0.3, 0.4) is 0 Å². The fraction of sp³-hybridized carbons (Fsp3) is 0.348. The Labute approximate surface area is 161 Å². The van der Waals surface area contributed by atoms with Crippen molar-refractivity contribution in [3.05, 3.63) is 71.5 Å². The molecule has 27 heavy (non-hydrogen) atoms. The molecular weight excluding hydrogens is 332 g/mol. The zero-order valence-corrected chi connectivity index (χ0v) is 16.2. The number of hydrogen-bond acceptors (Lipinski definition) is 3. The van der Waals surface area contributed by atoms with E-state index in [0.717, 1.165) is 43.9 Å². The number of aromatic amines is 1. The van der Waals surface area contributed by atoms with Crippen LogP contribution in [0.15, 0.2) is 54.6 Å². The number of nitrogens with one attached hydrogen (secondary N) is 2. The minimum atomic E-state index is 0.568. The first-order valence-corrected chi connectivity index (χ1v) is 9.84. The van der Waals surface area contributed by atoms with E-state index in [1.165, 1.54) is 22.4 Å². The average molecular weight is 361 g/mol. The molecule has 2 heterocycles. The van der Waals surface area contributed by atoms with Gasteiger partial charge in [0.15, 0.2) is 0 Å². The van der Waals surface area contributed by atoms with Crippen LogP contribution in [0.25, 0.3) is 11.1 Å². The third kappa shape index (κ3) is 4.40. The maximum absolute atomic E-state index is 4.31. The van der Waals surface area contributed by atoms with Gasteiger partial charge in [-0.25, -0.2) is 0 Å². The van der Waals surface area contributed by atoms with Crippen molar-refractivity contribution in [3.63, 3.8) is 0 Å². The molecule has 1 fully saturated rings. The minimum Gasteiger partial charge on any atom is -0.371 e. The molecule has 4 rings (SSSR count). The molecule has 0 unspecified atom stereocenters. The SMILES string of the molecule is Cc1cccc(-c2cccc(N3CCC(NCc4cc(C)[nH]n4)CC3)c2)c1. The number of piperidine rings is 1. The zero-order chi connectivity index (χ0) is 18.6. The highest BCUT2D eigenvalue weighted by atomic mass is 15.2. The second kappa shape index (κ2) is 7.97. The predicted octanol–water partition coefficient (Wildman–Crippen LogP) is 4.45. The molecule has 0 aliphatic carbocycles. The fourth-order valence-corrected chi connectivity index (χ4v) is 3.86. The van der Waals surface area contributed by atoms with Crippen LogP contribution >= 0.6 is 0 Å². The van der Waals surface area contributed by atoms with Crippen molar-refractivity contribution in [2.24, 2.45) is 0 Å². The summed E-state index contributed by atoms with van der Waals surface area (Å²) in [7, 11) is 0. The van der Waals surface area contributed by atoms with Crippen LogP contribution < -0.4 is 10.2 Å². The Morgan fingerprint density at radius 3 is 2.44 bits per heavy atom. The summed E-state index contributed by atoms with van der Waals surface area (Å²) in [6, 6.07) is 20.4. The van der Waals surface area contributed by atoms with Crippen molar-refractivity contribution >= 4 is 5.69 Å². The molecule has 3 aromatic rings. The van der Waals surface area contributed by atoms with E-state index in [1.807, 2.05) is 6.92 Å². The molecule has 140 valence electrons. The predicted molar refractivity (Wildman–Crippen MR) is 112 cm³/mol. The van der Waals surface area contributed by atoms with Gasteiger partial charge >= 0.3 is 0 Å². The molecular formula is C23H28N4. The van der Waals surface area contributed by atoms with Gasteiger partial charge in [-0.1, -0.05) is 42.0 Å². The van der Waals surface area contributed by atoms with Crippen LogP contribution in [0, 0.1) is 13.8 Å². The van der Waals surface area contributed by atoms with E-state index >= 15 is 0 Å². The third-order valence-corrected chi connectivity index (χ3v) is 5.39. The Balaban J connectivity index is 1.36. The monoisotopic (exact) mass is 360 g/mol. The van der Waals surface area contributed by atoms with Crippen LogP contribution in [0.4, 0.5) is 5.69 Å². The van der Waals surface area contributed by atoms with Crippen molar-refractivity contribution in [3.8, 4) is 11.1 Å². The Hall–Kier alpha value is -2.59. The van der Waals surface area contributed by atoms with E-state index in [9.17, 15) is 0 Å². The van der Waals surface area contributed by atoms with Crippen LogP contribution in [-0.4, -0.2) is 29.3 Å². The van der Waals surface area contributed by atoms with E-state index in [0.29, 0.717) is 6.04 Å². The lowest BCUT2D eigenvalue weighted by molar-refractivity contribution is 0.412. The van der Waals surface area contributed by atoms with E-state index in [4.69, 9.17) is 0 Å². The van der Waals surface area contributed by atoms with Crippen molar-refractivity contribution in [1.29, 1.82) is 0 Å². The van der Waals surface area contributed by atoms with E-state index in [2.05, 4.69) is 81.9 Å². The van der Waals surface area contributed by atoms with Gasteiger partial charge in [-0.05, 0) is 56.0 Å². The molecule has 1 aliphatic heterocycles. The van der Waals surface area contributed by atoms with Crippen LogP contribution in [0.5, 0.6) is 0 Å². The molecule has 1 aliphatic rings. The molecule has 0 bridgehead atoms. The van der Waals surface area contributed by atoms with Crippen molar-refractivity contribution in [2.75, 3.05) is 18.0 Å². The molecule has 0 amide bonds. The average Bonchev–Trinajstić information content (AvgIpc) is 3.12. The normalized spacial score (nSPS) is 15.3. The van der Waals surface area contributed by atoms with Gasteiger partial charge in [0, 0.05) is 37.1 Å². The van der Waals surface area contributed by atoms with Crippen LogP contribution in [0.1, 0.15) is 29.8 Å². The van der Waals surface area contributed by atoms with Gasteiger partial charge < -0.3 is 10.2 Å². The zero-order valence-electron chi connectivity index (χ0n) is 16.2. The Morgan fingerprint density at radius 1 is 1.00 bits per heavy atom. The summed E-state index contributed by atoms with van der Waals surface area (Å²) in [5, 5.41) is 11.0. The topological polar surface area (TPSA) is 44.0 Å². The largest absolute Gasteiger partial charge is 0.371 e.